The second-order valence-corrected chi connectivity index (χ2v) is 5.57. The van der Waals surface area contributed by atoms with Crippen molar-refractivity contribution in [3.8, 4) is 17.4 Å². The van der Waals surface area contributed by atoms with E-state index < -0.39 is 0 Å². The second kappa shape index (κ2) is 8.67. The minimum Gasteiger partial charge on any atom is -0.489 e. The van der Waals surface area contributed by atoms with Gasteiger partial charge in [-0.3, -0.25) is 4.79 Å². The zero-order valence-electron chi connectivity index (χ0n) is 14.4. The van der Waals surface area contributed by atoms with Crippen LogP contribution in [0, 0.1) is 0 Å². The zero-order chi connectivity index (χ0) is 18.2. The third-order valence-corrected chi connectivity index (χ3v) is 3.67. The number of aromatic nitrogens is 1. The Hall–Kier alpha value is -3.34. The molecule has 0 aliphatic rings. The van der Waals surface area contributed by atoms with Crippen molar-refractivity contribution in [1.29, 1.82) is 0 Å². The monoisotopic (exact) mass is 349 g/mol. The van der Waals surface area contributed by atoms with Gasteiger partial charge in [0.05, 0.1) is 13.5 Å². The van der Waals surface area contributed by atoms with Gasteiger partial charge in [-0.25, -0.2) is 4.98 Å². The van der Waals surface area contributed by atoms with E-state index in [1.54, 1.807) is 18.3 Å². The van der Waals surface area contributed by atoms with Gasteiger partial charge in [-0.05, 0) is 35.9 Å². The number of hydrogen-bond donors (Lipinski definition) is 0. The van der Waals surface area contributed by atoms with Gasteiger partial charge in [-0.1, -0.05) is 36.4 Å². The van der Waals surface area contributed by atoms with E-state index in [9.17, 15) is 4.79 Å². The molecule has 3 aromatic rings. The number of nitrogens with zero attached hydrogens (tertiary/aromatic N) is 1. The molecule has 0 radical (unpaired) electrons. The smallest absolute Gasteiger partial charge is 0.310 e. The van der Waals surface area contributed by atoms with Gasteiger partial charge >= 0.3 is 5.97 Å². The second-order valence-electron chi connectivity index (χ2n) is 5.57. The lowest BCUT2D eigenvalue weighted by atomic mass is 10.2. The first-order valence-corrected chi connectivity index (χ1v) is 8.20. The van der Waals surface area contributed by atoms with Crippen molar-refractivity contribution >= 4 is 5.97 Å². The fourth-order valence-corrected chi connectivity index (χ4v) is 2.37. The number of hydrogen-bond acceptors (Lipinski definition) is 5. The van der Waals surface area contributed by atoms with Crippen molar-refractivity contribution in [2.75, 3.05) is 7.11 Å². The Kier molecular flexibility index (Phi) is 5.83. The van der Waals surface area contributed by atoms with Crippen LogP contribution < -0.4 is 9.47 Å². The van der Waals surface area contributed by atoms with E-state index in [2.05, 4.69) is 4.98 Å². The Bertz CT molecular complexity index is 865. The van der Waals surface area contributed by atoms with E-state index in [0.717, 1.165) is 11.3 Å². The highest BCUT2D eigenvalue weighted by Crippen LogP contribution is 2.25. The van der Waals surface area contributed by atoms with Gasteiger partial charge in [0.1, 0.15) is 18.1 Å². The molecule has 0 spiro atoms. The van der Waals surface area contributed by atoms with Crippen molar-refractivity contribution in [3.05, 3.63) is 84.1 Å². The van der Waals surface area contributed by atoms with E-state index in [1.807, 2.05) is 54.6 Å². The van der Waals surface area contributed by atoms with Crippen LogP contribution in [-0.2, 0) is 22.6 Å². The maximum absolute atomic E-state index is 11.5. The molecular weight excluding hydrogens is 330 g/mol. The number of para-hydroxylation sites is 1. The summed E-state index contributed by atoms with van der Waals surface area (Å²) in [6.07, 6.45) is 1.73. The van der Waals surface area contributed by atoms with Crippen LogP contribution in [0.4, 0.5) is 0 Å². The molecule has 0 saturated heterocycles. The highest BCUT2D eigenvalue weighted by atomic mass is 16.5. The van der Waals surface area contributed by atoms with Crippen LogP contribution in [0.5, 0.6) is 17.4 Å². The average molecular weight is 349 g/mol. The highest BCUT2D eigenvalue weighted by Gasteiger charge is 2.11. The number of ether oxygens (including phenoxy) is 3. The molecule has 2 aromatic carbocycles. The van der Waals surface area contributed by atoms with E-state index >= 15 is 0 Å². The molecular formula is C21H19NO4. The van der Waals surface area contributed by atoms with Crippen LogP contribution in [-0.4, -0.2) is 18.1 Å². The van der Waals surface area contributed by atoms with Crippen molar-refractivity contribution in [2.45, 2.75) is 13.0 Å². The topological polar surface area (TPSA) is 57.7 Å². The fraction of sp³-hybridized carbons (Fsp3) is 0.143. The summed E-state index contributed by atoms with van der Waals surface area (Å²) in [4.78, 5) is 15.8. The van der Waals surface area contributed by atoms with Gasteiger partial charge in [0.2, 0.25) is 5.88 Å². The summed E-state index contributed by atoms with van der Waals surface area (Å²) in [6, 6.07) is 20.8. The Labute approximate surface area is 152 Å². The first-order valence-electron chi connectivity index (χ1n) is 8.20. The molecule has 0 fully saturated rings. The van der Waals surface area contributed by atoms with Crippen LogP contribution >= 0.6 is 0 Å². The number of benzene rings is 2. The molecule has 132 valence electrons. The molecule has 1 aromatic heterocycles. The van der Waals surface area contributed by atoms with Gasteiger partial charge in [-0.15, -0.1) is 0 Å². The molecule has 1 heterocycles. The predicted octanol–water partition coefficient (Wildman–Crippen LogP) is 4.17. The van der Waals surface area contributed by atoms with Crippen molar-refractivity contribution in [1.82, 2.24) is 4.98 Å². The minimum atomic E-state index is -0.340. The summed E-state index contributed by atoms with van der Waals surface area (Å²) in [5.74, 6) is 1.49. The molecule has 5 nitrogen and oxygen atoms in total. The Morgan fingerprint density at radius 3 is 2.58 bits per heavy atom. The molecule has 0 bridgehead atoms. The number of methoxy groups -OCH3 is 1. The molecule has 0 aliphatic carbocycles. The summed E-state index contributed by atoms with van der Waals surface area (Å²) in [7, 11) is 1.36. The lowest BCUT2D eigenvalue weighted by Gasteiger charge is -2.11. The molecule has 0 saturated carbocycles. The summed E-state index contributed by atoms with van der Waals surface area (Å²) < 4.78 is 16.3. The minimum absolute atomic E-state index is 0.108. The Morgan fingerprint density at radius 1 is 0.962 bits per heavy atom. The lowest BCUT2D eigenvalue weighted by molar-refractivity contribution is -0.139. The van der Waals surface area contributed by atoms with Crippen LogP contribution in [0.3, 0.4) is 0 Å². The van der Waals surface area contributed by atoms with Crippen LogP contribution in [0.1, 0.15) is 11.1 Å². The Balaban J connectivity index is 1.70. The standard InChI is InChI=1S/C21H19NO4/c1-24-20(23)14-17-8-6-12-22-21(17)26-19-11-5-7-16(13-19)15-25-18-9-3-2-4-10-18/h2-13H,14-15H2,1H3. The van der Waals surface area contributed by atoms with E-state index in [4.69, 9.17) is 14.2 Å². The fourth-order valence-electron chi connectivity index (χ4n) is 2.37. The van der Waals surface area contributed by atoms with Crippen molar-refractivity contribution in [2.24, 2.45) is 0 Å². The molecule has 0 N–H and O–H groups in total. The number of carbonyl (C=O) groups is 1. The lowest BCUT2D eigenvalue weighted by Crippen LogP contribution is -2.06. The van der Waals surface area contributed by atoms with Gasteiger partial charge in [0, 0.05) is 11.8 Å². The van der Waals surface area contributed by atoms with Gasteiger partial charge < -0.3 is 14.2 Å². The molecule has 0 atom stereocenters. The summed E-state index contributed by atoms with van der Waals surface area (Å²) in [5.41, 5.74) is 1.64. The van der Waals surface area contributed by atoms with Gasteiger partial charge in [0.15, 0.2) is 0 Å². The SMILES string of the molecule is COC(=O)Cc1cccnc1Oc1cccc(COc2ccccc2)c1. The molecule has 0 amide bonds. The molecule has 5 heteroatoms. The average Bonchev–Trinajstić information content (AvgIpc) is 2.69. The summed E-state index contributed by atoms with van der Waals surface area (Å²) in [5, 5.41) is 0. The maximum Gasteiger partial charge on any atom is 0.310 e. The first kappa shape index (κ1) is 17.5. The summed E-state index contributed by atoms with van der Waals surface area (Å²) >= 11 is 0. The van der Waals surface area contributed by atoms with Crippen LogP contribution in [0.25, 0.3) is 0 Å². The van der Waals surface area contributed by atoms with Gasteiger partial charge in [-0.2, -0.15) is 0 Å². The first-order chi connectivity index (χ1) is 12.7. The summed E-state index contributed by atoms with van der Waals surface area (Å²) in [6.45, 7) is 0.429. The predicted molar refractivity (Wildman–Crippen MR) is 97.2 cm³/mol. The number of pyridine rings is 1. The van der Waals surface area contributed by atoms with Crippen LogP contribution in [0.2, 0.25) is 0 Å². The van der Waals surface area contributed by atoms with E-state index in [0.29, 0.717) is 23.8 Å². The quantitative estimate of drug-likeness (QED) is 0.599. The molecule has 3 rings (SSSR count). The third-order valence-electron chi connectivity index (χ3n) is 3.67. The number of rotatable bonds is 7. The molecule has 0 unspecified atom stereocenters. The van der Waals surface area contributed by atoms with Gasteiger partial charge in [0.25, 0.3) is 0 Å². The number of carbonyl (C=O) groups excluding carboxylic acids is 1. The third kappa shape index (κ3) is 4.83. The molecule has 26 heavy (non-hydrogen) atoms. The Morgan fingerprint density at radius 2 is 1.77 bits per heavy atom. The van der Waals surface area contributed by atoms with Crippen molar-refractivity contribution in [3.63, 3.8) is 0 Å². The largest absolute Gasteiger partial charge is 0.489 e. The van der Waals surface area contributed by atoms with Crippen molar-refractivity contribution < 1.29 is 19.0 Å². The zero-order valence-corrected chi connectivity index (χ0v) is 14.4. The maximum atomic E-state index is 11.5. The van der Waals surface area contributed by atoms with Crippen LogP contribution in [0.15, 0.2) is 72.9 Å². The molecule has 0 aliphatic heterocycles. The van der Waals surface area contributed by atoms with E-state index in [1.165, 1.54) is 7.11 Å². The normalized spacial score (nSPS) is 10.2. The number of esters is 1. The van der Waals surface area contributed by atoms with E-state index in [-0.39, 0.29) is 12.4 Å². The highest BCUT2D eigenvalue weighted by molar-refractivity contribution is 5.73.